The Kier molecular flexibility index (Phi) is 4.76. The molecule has 0 aliphatic carbocycles. The van der Waals surface area contributed by atoms with Gasteiger partial charge in [-0.3, -0.25) is 9.69 Å². The summed E-state index contributed by atoms with van der Waals surface area (Å²) in [6.45, 7) is 6.97. The fourth-order valence-corrected chi connectivity index (χ4v) is 2.45. The van der Waals surface area contributed by atoms with Crippen molar-refractivity contribution in [2.24, 2.45) is 5.84 Å². The lowest BCUT2D eigenvalue weighted by atomic mass is 10.1. The largest absolute Gasteiger partial charge is 0.389 e. The van der Waals surface area contributed by atoms with Gasteiger partial charge in [-0.2, -0.15) is 0 Å². The van der Waals surface area contributed by atoms with Crippen LogP contribution in [0.5, 0.6) is 0 Å². The van der Waals surface area contributed by atoms with Crippen LogP contribution in [0, 0.1) is 0 Å². The van der Waals surface area contributed by atoms with Crippen molar-refractivity contribution >= 4 is 11.7 Å². The number of hydrogen-bond donors (Lipinski definition) is 3. The second-order valence-electron chi connectivity index (χ2n) is 5.93. The van der Waals surface area contributed by atoms with Gasteiger partial charge in [-0.15, -0.1) is 0 Å². The lowest BCUT2D eigenvalue weighted by Crippen LogP contribution is -2.52. The normalized spacial score (nSPS) is 16.9. The molecule has 4 N–H and O–H groups in total. The monoisotopic (exact) mass is 293 g/mol. The number of aromatic nitrogens is 1. The number of carbonyl (C=O) groups excluding carboxylic acids is 1. The molecule has 0 radical (unpaired) electrons. The van der Waals surface area contributed by atoms with Gasteiger partial charge >= 0.3 is 0 Å². The van der Waals surface area contributed by atoms with E-state index in [1.165, 1.54) is 0 Å². The topological polar surface area (TPSA) is 94.7 Å². The van der Waals surface area contributed by atoms with Gasteiger partial charge in [0, 0.05) is 32.7 Å². The summed E-state index contributed by atoms with van der Waals surface area (Å²) in [6.07, 6.45) is 0. The highest BCUT2D eigenvalue weighted by molar-refractivity contribution is 5.92. The number of β-amino-alcohol motifs (C(OH)–C–C–N with tert-alkyl or cyclic N) is 1. The molecule has 1 aromatic rings. The van der Waals surface area contributed by atoms with Crippen LogP contribution in [0.4, 0.5) is 5.82 Å². The second kappa shape index (κ2) is 6.38. The summed E-state index contributed by atoms with van der Waals surface area (Å²) in [6, 6.07) is 5.14. The Morgan fingerprint density at radius 1 is 1.38 bits per heavy atom. The predicted octanol–water partition coefficient (Wildman–Crippen LogP) is -0.104. The predicted molar refractivity (Wildman–Crippen MR) is 80.7 cm³/mol. The molecule has 0 unspecified atom stereocenters. The van der Waals surface area contributed by atoms with E-state index in [4.69, 9.17) is 5.84 Å². The van der Waals surface area contributed by atoms with Crippen molar-refractivity contribution in [1.82, 2.24) is 14.8 Å². The van der Waals surface area contributed by atoms with Crippen LogP contribution in [0.25, 0.3) is 0 Å². The minimum absolute atomic E-state index is 0.0880. The highest BCUT2D eigenvalue weighted by atomic mass is 16.3. The number of nitrogen functional groups attached to an aromatic ring is 1. The summed E-state index contributed by atoms with van der Waals surface area (Å²) < 4.78 is 0. The third kappa shape index (κ3) is 4.38. The number of amides is 1. The van der Waals surface area contributed by atoms with Crippen molar-refractivity contribution in [2.45, 2.75) is 19.4 Å². The van der Waals surface area contributed by atoms with E-state index in [0.29, 0.717) is 31.1 Å². The number of rotatable bonds is 4. The van der Waals surface area contributed by atoms with Gasteiger partial charge in [-0.05, 0) is 26.0 Å². The number of nitrogens with zero attached hydrogens (tertiary/aromatic N) is 3. The number of nitrogens with one attached hydrogen (secondary N) is 1. The minimum Gasteiger partial charge on any atom is -0.389 e. The maximum Gasteiger partial charge on any atom is 0.272 e. The summed E-state index contributed by atoms with van der Waals surface area (Å²) >= 11 is 0. The standard InChI is InChI=1S/C14H23N5O2/c1-14(2,21)10-18-6-8-19(9-7-18)13(20)11-4-3-5-12(16-11)17-15/h3-5,21H,6-10,15H2,1-2H3,(H,16,17). The number of nitrogens with two attached hydrogens (primary N) is 1. The van der Waals surface area contributed by atoms with Crippen molar-refractivity contribution in [2.75, 3.05) is 38.1 Å². The number of aliphatic hydroxyl groups is 1. The van der Waals surface area contributed by atoms with Crippen LogP contribution in [0.2, 0.25) is 0 Å². The Morgan fingerprint density at radius 2 is 2.05 bits per heavy atom. The molecule has 1 amide bonds. The van der Waals surface area contributed by atoms with Gasteiger partial charge in [0.25, 0.3) is 5.91 Å². The van der Waals surface area contributed by atoms with Gasteiger partial charge in [-0.1, -0.05) is 6.07 Å². The molecule has 0 atom stereocenters. The average molecular weight is 293 g/mol. The fraction of sp³-hybridized carbons (Fsp3) is 0.571. The van der Waals surface area contributed by atoms with E-state index in [1.807, 2.05) is 0 Å². The van der Waals surface area contributed by atoms with Crippen LogP contribution < -0.4 is 11.3 Å². The SMILES string of the molecule is CC(C)(O)CN1CCN(C(=O)c2cccc(NN)n2)CC1. The van der Waals surface area contributed by atoms with Crippen LogP contribution in [-0.4, -0.2) is 64.1 Å². The Hall–Kier alpha value is -1.70. The first-order valence-corrected chi connectivity index (χ1v) is 7.07. The second-order valence-corrected chi connectivity index (χ2v) is 5.93. The average Bonchev–Trinajstić information content (AvgIpc) is 2.46. The van der Waals surface area contributed by atoms with Gasteiger partial charge in [0.1, 0.15) is 11.5 Å². The molecule has 2 heterocycles. The molecule has 21 heavy (non-hydrogen) atoms. The molecule has 1 aliphatic heterocycles. The third-order valence-electron chi connectivity index (χ3n) is 3.39. The number of hydrogen-bond acceptors (Lipinski definition) is 6. The summed E-state index contributed by atoms with van der Waals surface area (Å²) in [5, 5.41) is 9.83. The van der Waals surface area contributed by atoms with E-state index in [0.717, 1.165) is 13.1 Å². The van der Waals surface area contributed by atoms with E-state index >= 15 is 0 Å². The molecule has 7 nitrogen and oxygen atoms in total. The van der Waals surface area contributed by atoms with Crippen LogP contribution in [0.3, 0.4) is 0 Å². The molecule has 1 saturated heterocycles. The number of hydrazine groups is 1. The first-order chi connectivity index (χ1) is 9.89. The first-order valence-electron chi connectivity index (χ1n) is 7.07. The Bertz CT molecular complexity index is 492. The zero-order valence-corrected chi connectivity index (χ0v) is 12.5. The van der Waals surface area contributed by atoms with E-state index in [2.05, 4.69) is 15.3 Å². The molecule has 2 rings (SSSR count). The zero-order chi connectivity index (χ0) is 15.5. The highest BCUT2D eigenvalue weighted by Crippen LogP contribution is 2.12. The smallest absolute Gasteiger partial charge is 0.272 e. The van der Waals surface area contributed by atoms with Gasteiger partial charge in [0.2, 0.25) is 0 Å². The summed E-state index contributed by atoms with van der Waals surface area (Å²) in [5.74, 6) is 5.69. The molecule has 0 saturated carbocycles. The minimum atomic E-state index is -0.713. The summed E-state index contributed by atoms with van der Waals surface area (Å²) in [7, 11) is 0. The van der Waals surface area contributed by atoms with Gasteiger partial charge in [0.15, 0.2) is 0 Å². The number of pyridine rings is 1. The number of piperazine rings is 1. The van der Waals surface area contributed by atoms with Crippen molar-refractivity contribution < 1.29 is 9.90 Å². The van der Waals surface area contributed by atoms with Crippen LogP contribution in [0.15, 0.2) is 18.2 Å². The third-order valence-corrected chi connectivity index (χ3v) is 3.39. The summed E-state index contributed by atoms with van der Waals surface area (Å²) in [4.78, 5) is 20.5. The molecule has 1 fully saturated rings. The molecular weight excluding hydrogens is 270 g/mol. The molecule has 0 spiro atoms. The first kappa shape index (κ1) is 15.7. The molecule has 116 valence electrons. The lowest BCUT2D eigenvalue weighted by molar-refractivity contribution is 0.0177. The molecule has 0 aromatic carbocycles. The number of anilines is 1. The molecule has 7 heteroatoms. The van der Waals surface area contributed by atoms with Crippen molar-refractivity contribution in [1.29, 1.82) is 0 Å². The molecule has 0 bridgehead atoms. The Morgan fingerprint density at radius 3 is 2.62 bits per heavy atom. The number of carbonyl (C=O) groups is 1. The fourth-order valence-electron chi connectivity index (χ4n) is 2.45. The summed E-state index contributed by atoms with van der Waals surface area (Å²) in [5.41, 5.74) is 2.12. The van der Waals surface area contributed by atoms with Gasteiger partial charge in [-0.25, -0.2) is 10.8 Å². The van der Waals surface area contributed by atoms with E-state index in [-0.39, 0.29) is 5.91 Å². The van der Waals surface area contributed by atoms with Crippen LogP contribution >= 0.6 is 0 Å². The van der Waals surface area contributed by atoms with Crippen molar-refractivity contribution in [3.63, 3.8) is 0 Å². The highest BCUT2D eigenvalue weighted by Gasteiger charge is 2.26. The lowest BCUT2D eigenvalue weighted by Gasteiger charge is -2.37. The zero-order valence-electron chi connectivity index (χ0n) is 12.5. The van der Waals surface area contributed by atoms with Crippen molar-refractivity contribution in [3.8, 4) is 0 Å². The van der Waals surface area contributed by atoms with Gasteiger partial charge in [0.05, 0.1) is 5.60 Å². The maximum absolute atomic E-state index is 12.4. The Labute approximate surface area is 124 Å². The van der Waals surface area contributed by atoms with E-state index in [1.54, 1.807) is 36.9 Å². The van der Waals surface area contributed by atoms with Crippen LogP contribution in [0.1, 0.15) is 24.3 Å². The Balaban J connectivity index is 1.94. The maximum atomic E-state index is 12.4. The van der Waals surface area contributed by atoms with E-state index in [9.17, 15) is 9.90 Å². The van der Waals surface area contributed by atoms with Crippen LogP contribution in [-0.2, 0) is 0 Å². The molecular formula is C14H23N5O2. The quantitative estimate of drug-likeness (QED) is 0.530. The molecule has 1 aromatic heterocycles. The van der Waals surface area contributed by atoms with E-state index < -0.39 is 5.60 Å². The van der Waals surface area contributed by atoms with Crippen molar-refractivity contribution in [3.05, 3.63) is 23.9 Å². The molecule has 1 aliphatic rings. The van der Waals surface area contributed by atoms with Gasteiger partial charge < -0.3 is 15.4 Å².